The molecule has 2 aromatic heterocycles. The molecule has 0 saturated carbocycles. The van der Waals surface area contributed by atoms with E-state index in [1.54, 1.807) is 12.1 Å². The predicted molar refractivity (Wildman–Crippen MR) is 183 cm³/mol. The van der Waals surface area contributed by atoms with Crippen LogP contribution in [0.1, 0.15) is 31.9 Å². The van der Waals surface area contributed by atoms with Crippen LogP contribution in [0, 0.1) is 12.7 Å². The number of para-hydroxylation sites is 2. The minimum atomic E-state index is -0.242. The van der Waals surface area contributed by atoms with Gasteiger partial charge in [-0.25, -0.2) is 8.96 Å². The Balaban J connectivity index is 1.47. The Morgan fingerprint density at radius 1 is 0.591 bits per heavy atom. The molecule has 0 fully saturated rings. The summed E-state index contributed by atoms with van der Waals surface area (Å²) < 4.78 is 20.2. The number of benzene rings is 6. The quantitative estimate of drug-likeness (QED) is 0.144. The molecule has 6 aromatic carbocycles. The van der Waals surface area contributed by atoms with Crippen LogP contribution in [-0.2, 0) is 12.5 Å². The summed E-state index contributed by atoms with van der Waals surface area (Å²) in [5.74, 6) is -0.242. The lowest BCUT2D eigenvalue weighted by Crippen LogP contribution is -2.31. The van der Waals surface area contributed by atoms with Crippen molar-refractivity contribution in [3.8, 4) is 16.9 Å². The number of aryl methyl sites for hydroxylation is 2. The van der Waals surface area contributed by atoms with Crippen LogP contribution >= 0.6 is 0 Å². The maximum Gasteiger partial charge on any atom is 0.220 e. The average Bonchev–Trinajstić information content (AvgIpc) is 3.35. The molecule has 2 heterocycles. The van der Waals surface area contributed by atoms with Crippen LogP contribution in [0.5, 0.6) is 0 Å². The van der Waals surface area contributed by atoms with E-state index in [-0.39, 0.29) is 11.2 Å². The van der Waals surface area contributed by atoms with Crippen molar-refractivity contribution in [1.82, 2.24) is 4.57 Å². The maximum absolute atomic E-state index is 15.7. The zero-order chi connectivity index (χ0) is 30.3. The van der Waals surface area contributed by atoms with Crippen molar-refractivity contribution in [2.24, 2.45) is 7.05 Å². The van der Waals surface area contributed by atoms with Gasteiger partial charge in [0.2, 0.25) is 5.69 Å². The lowest BCUT2D eigenvalue weighted by atomic mass is 9.80. The highest BCUT2D eigenvalue weighted by Crippen LogP contribution is 2.41. The Hall–Kier alpha value is -5.02. The number of nitrogens with zero attached hydrogens (tertiary/aromatic N) is 2. The molecule has 0 amide bonds. The molecule has 2 nitrogen and oxygen atoms in total. The summed E-state index contributed by atoms with van der Waals surface area (Å²) in [5, 5.41) is 8.99. The summed E-state index contributed by atoms with van der Waals surface area (Å²) in [5.41, 5.74) is 7.89. The van der Waals surface area contributed by atoms with Gasteiger partial charge in [0.15, 0.2) is 6.20 Å². The molecule has 8 rings (SSSR count). The van der Waals surface area contributed by atoms with E-state index in [9.17, 15) is 0 Å². The van der Waals surface area contributed by atoms with Gasteiger partial charge in [0.05, 0.1) is 27.7 Å². The highest BCUT2D eigenvalue weighted by atomic mass is 19.1. The number of hydrogen-bond donors (Lipinski definition) is 0. The number of pyridine rings is 1. The van der Waals surface area contributed by atoms with Crippen molar-refractivity contribution in [1.29, 1.82) is 0 Å². The van der Waals surface area contributed by atoms with Crippen molar-refractivity contribution >= 4 is 54.1 Å². The Morgan fingerprint density at radius 2 is 1.18 bits per heavy atom. The van der Waals surface area contributed by atoms with E-state index >= 15 is 4.39 Å². The van der Waals surface area contributed by atoms with Gasteiger partial charge in [-0.15, -0.1) is 0 Å². The first kappa shape index (κ1) is 26.6. The molecule has 0 bridgehead atoms. The number of fused-ring (bicyclic) bond motifs is 7. The van der Waals surface area contributed by atoms with Crippen molar-refractivity contribution in [2.45, 2.75) is 33.1 Å². The summed E-state index contributed by atoms with van der Waals surface area (Å²) in [6.07, 6.45) is 2.12. The highest BCUT2D eigenvalue weighted by molar-refractivity contribution is 6.15. The van der Waals surface area contributed by atoms with Crippen LogP contribution in [-0.4, -0.2) is 4.57 Å². The van der Waals surface area contributed by atoms with Crippen molar-refractivity contribution in [3.63, 3.8) is 0 Å². The Morgan fingerprint density at radius 3 is 1.84 bits per heavy atom. The molecule has 0 aliphatic heterocycles. The smallest absolute Gasteiger partial charge is 0.220 e. The predicted octanol–water partition coefficient (Wildman–Crippen LogP) is 10.5. The zero-order valence-corrected chi connectivity index (χ0v) is 25.7. The number of halogens is 1. The first-order valence-corrected chi connectivity index (χ1v) is 15.3. The molecule has 0 saturated heterocycles. The minimum Gasteiger partial charge on any atom is -0.309 e. The average molecular weight is 574 g/mol. The van der Waals surface area contributed by atoms with E-state index in [2.05, 4.69) is 147 Å². The number of rotatable bonds is 2. The topological polar surface area (TPSA) is 8.81 Å². The Bertz CT molecular complexity index is 2400. The van der Waals surface area contributed by atoms with Crippen molar-refractivity contribution in [2.75, 3.05) is 0 Å². The molecule has 8 aromatic rings. The van der Waals surface area contributed by atoms with Crippen LogP contribution in [0.25, 0.3) is 71.1 Å². The summed E-state index contributed by atoms with van der Waals surface area (Å²) in [4.78, 5) is 0. The van der Waals surface area contributed by atoms with Crippen molar-refractivity contribution in [3.05, 3.63) is 132 Å². The molecular formula is C41H34FN2+. The second-order valence-corrected chi connectivity index (χ2v) is 13.1. The molecule has 0 N–H and O–H groups in total. The largest absolute Gasteiger partial charge is 0.309 e. The summed E-state index contributed by atoms with van der Waals surface area (Å²) >= 11 is 0. The second-order valence-electron chi connectivity index (χ2n) is 13.1. The first-order chi connectivity index (χ1) is 21.2. The van der Waals surface area contributed by atoms with E-state index in [1.165, 1.54) is 27.5 Å². The third-order valence-electron chi connectivity index (χ3n) is 9.39. The molecule has 0 aliphatic carbocycles. The van der Waals surface area contributed by atoms with E-state index < -0.39 is 0 Å². The molecule has 0 unspecified atom stereocenters. The van der Waals surface area contributed by atoms with Crippen LogP contribution in [0.15, 0.2) is 115 Å². The first-order valence-electron chi connectivity index (χ1n) is 15.3. The van der Waals surface area contributed by atoms with Crippen LogP contribution in [0.2, 0.25) is 0 Å². The van der Waals surface area contributed by atoms with Crippen LogP contribution in [0.4, 0.5) is 4.39 Å². The number of aromatic nitrogens is 2. The summed E-state index contributed by atoms with van der Waals surface area (Å²) in [6, 6.07) is 37.8. The molecule has 44 heavy (non-hydrogen) atoms. The fraction of sp³-hybridized carbons (Fsp3) is 0.146. The SMILES string of the molecule is Cc1c(-c2c3ccc4c(-n5c6ccccc6c6ccccc65)cc(F)cc4c3cc[n+]2C)cc(C(C)(C)C)c2ccccc12. The van der Waals surface area contributed by atoms with Gasteiger partial charge >= 0.3 is 0 Å². The van der Waals surface area contributed by atoms with Gasteiger partial charge in [0, 0.05) is 27.6 Å². The zero-order valence-electron chi connectivity index (χ0n) is 25.7. The lowest BCUT2D eigenvalue weighted by Gasteiger charge is -2.24. The van der Waals surface area contributed by atoms with Gasteiger partial charge in [0.25, 0.3) is 0 Å². The number of hydrogen-bond acceptors (Lipinski definition) is 0. The van der Waals surface area contributed by atoms with E-state index in [1.807, 2.05) is 0 Å². The second kappa shape index (κ2) is 9.49. The Labute approximate surface area is 256 Å². The maximum atomic E-state index is 15.7. The van der Waals surface area contributed by atoms with E-state index in [0.29, 0.717) is 0 Å². The van der Waals surface area contributed by atoms with E-state index in [4.69, 9.17) is 0 Å². The van der Waals surface area contributed by atoms with Gasteiger partial charge in [-0.05, 0) is 76.0 Å². The molecule has 0 radical (unpaired) electrons. The monoisotopic (exact) mass is 573 g/mol. The Kier molecular flexibility index (Phi) is 5.74. The van der Waals surface area contributed by atoms with Gasteiger partial charge in [-0.1, -0.05) is 87.5 Å². The molecule has 0 aliphatic rings. The van der Waals surface area contributed by atoms with Gasteiger partial charge in [-0.3, -0.25) is 0 Å². The van der Waals surface area contributed by atoms with Gasteiger partial charge in [0.1, 0.15) is 12.9 Å². The molecule has 0 atom stereocenters. The standard InChI is InChI=1S/C41H34FN2/c1-25-27-12-6-7-13-29(27)36(41(2,3)4)24-34(25)40-33-19-18-32-35(28(33)20-21-43(40)5)22-26(42)23-39(32)44-37-16-10-8-14-30(37)31-15-9-11-17-38(31)44/h6-24H,1-5H3/q+1. The third kappa shape index (κ3) is 3.82. The fourth-order valence-corrected chi connectivity index (χ4v) is 7.33. The molecule has 0 spiro atoms. The lowest BCUT2D eigenvalue weighted by molar-refractivity contribution is -0.659. The summed E-state index contributed by atoms with van der Waals surface area (Å²) in [6.45, 7) is 9.07. The van der Waals surface area contributed by atoms with Crippen molar-refractivity contribution < 1.29 is 8.96 Å². The van der Waals surface area contributed by atoms with Gasteiger partial charge in [-0.2, -0.15) is 0 Å². The fourth-order valence-electron chi connectivity index (χ4n) is 7.33. The summed E-state index contributed by atoms with van der Waals surface area (Å²) in [7, 11) is 2.11. The highest BCUT2D eigenvalue weighted by Gasteiger charge is 2.25. The van der Waals surface area contributed by atoms with Gasteiger partial charge < -0.3 is 4.57 Å². The minimum absolute atomic E-state index is 0.0295. The molecular weight excluding hydrogens is 539 g/mol. The third-order valence-corrected chi connectivity index (χ3v) is 9.39. The normalized spacial score (nSPS) is 12.3. The van der Waals surface area contributed by atoms with Crippen LogP contribution in [0.3, 0.4) is 0 Å². The van der Waals surface area contributed by atoms with Crippen LogP contribution < -0.4 is 4.57 Å². The van der Waals surface area contributed by atoms with E-state index in [0.717, 1.165) is 54.7 Å². The molecule has 3 heteroatoms. The molecule has 214 valence electrons.